The standard InChI is InChI=1S/C10H22N2O/c1-8(7-13)6-12(2)10(5-11)9-3-4-9/h8-10,13H,3-7,11H2,1-2H3. The third-order valence-electron chi connectivity index (χ3n) is 2.89. The van der Waals surface area contributed by atoms with Gasteiger partial charge in [-0.2, -0.15) is 0 Å². The SMILES string of the molecule is CC(CO)CN(C)C(CN)C1CC1. The van der Waals surface area contributed by atoms with Gasteiger partial charge in [-0.25, -0.2) is 0 Å². The molecule has 0 aromatic rings. The molecule has 0 heterocycles. The minimum Gasteiger partial charge on any atom is -0.396 e. The van der Waals surface area contributed by atoms with Crippen LogP contribution in [0.5, 0.6) is 0 Å². The molecule has 0 aromatic heterocycles. The van der Waals surface area contributed by atoms with Gasteiger partial charge in [-0.1, -0.05) is 6.92 Å². The van der Waals surface area contributed by atoms with Gasteiger partial charge in [-0.05, 0) is 31.7 Å². The molecule has 0 amide bonds. The quantitative estimate of drug-likeness (QED) is 0.626. The lowest BCUT2D eigenvalue weighted by molar-refractivity contribution is 0.153. The first-order chi connectivity index (χ1) is 6.19. The average molecular weight is 186 g/mol. The van der Waals surface area contributed by atoms with Gasteiger partial charge in [0, 0.05) is 25.7 Å². The summed E-state index contributed by atoms with van der Waals surface area (Å²) in [6.45, 7) is 4.04. The van der Waals surface area contributed by atoms with E-state index in [9.17, 15) is 0 Å². The van der Waals surface area contributed by atoms with Gasteiger partial charge < -0.3 is 15.7 Å². The number of aliphatic hydroxyl groups is 1. The van der Waals surface area contributed by atoms with E-state index in [1.165, 1.54) is 12.8 Å². The van der Waals surface area contributed by atoms with E-state index in [-0.39, 0.29) is 6.61 Å². The first kappa shape index (κ1) is 11.0. The van der Waals surface area contributed by atoms with Crippen LogP contribution in [0, 0.1) is 11.8 Å². The Morgan fingerprint density at radius 2 is 2.15 bits per heavy atom. The Bertz CT molecular complexity index is 148. The van der Waals surface area contributed by atoms with Gasteiger partial charge in [0.25, 0.3) is 0 Å². The van der Waals surface area contributed by atoms with Crippen molar-refractivity contribution in [1.82, 2.24) is 4.90 Å². The van der Waals surface area contributed by atoms with Gasteiger partial charge in [0.1, 0.15) is 0 Å². The number of likely N-dealkylation sites (N-methyl/N-ethyl adjacent to an activating group) is 1. The highest BCUT2D eigenvalue weighted by molar-refractivity contribution is 4.88. The lowest BCUT2D eigenvalue weighted by Crippen LogP contribution is -2.42. The fourth-order valence-electron chi connectivity index (χ4n) is 1.90. The summed E-state index contributed by atoms with van der Waals surface area (Å²) in [5.74, 6) is 1.18. The van der Waals surface area contributed by atoms with Crippen LogP contribution >= 0.6 is 0 Å². The summed E-state index contributed by atoms with van der Waals surface area (Å²) in [4.78, 5) is 2.30. The molecule has 13 heavy (non-hydrogen) atoms. The van der Waals surface area contributed by atoms with Crippen molar-refractivity contribution in [3.8, 4) is 0 Å². The largest absolute Gasteiger partial charge is 0.396 e. The van der Waals surface area contributed by atoms with Gasteiger partial charge in [0.2, 0.25) is 0 Å². The molecule has 1 rings (SSSR count). The summed E-state index contributed by atoms with van der Waals surface area (Å²) in [6, 6.07) is 0.536. The number of aliphatic hydroxyl groups excluding tert-OH is 1. The molecule has 1 aliphatic carbocycles. The van der Waals surface area contributed by atoms with Crippen LogP contribution in [-0.2, 0) is 0 Å². The number of hydrogen-bond acceptors (Lipinski definition) is 3. The zero-order chi connectivity index (χ0) is 9.84. The molecule has 78 valence electrons. The van der Waals surface area contributed by atoms with Gasteiger partial charge >= 0.3 is 0 Å². The minimum atomic E-state index is 0.270. The van der Waals surface area contributed by atoms with Crippen molar-refractivity contribution in [2.75, 3.05) is 26.7 Å². The fourth-order valence-corrected chi connectivity index (χ4v) is 1.90. The van der Waals surface area contributed by atoms with E-state index in [2.05, 4.69) is 18.9 Å². The van der Waals surface area contributed by atoms with Crippen LogP contribution in [0.4, 0.5) is 0 Å². The Labute approximate surface area is 80.9 Å². The first-order valence-corrected chi connectivity index (χ1v) is 5.20. The summed E-state index contributed by atoms with van der Waals surface area (Å²) in [5, 5.41) is 8.93. The van der Waals surface area contributed by atoms with Crippen LogP contribution in [0.1, 0.15) is 19.8 Å². The Hall–Kier alpha value is -0.120. The van der Waals surface area contributed by atoms with Crippen molar-refractivity contribution in [3.05, 3.63) is 0 Å². The number of nitrogens with two attached hydrogens (primary N) is 1. The first-order valence-electron chi connectivity index (χ1n) is 5.20. The smallest absolute Gasteiger partial charge is 0.0468 e. The third-order valence-corrected chi connectivity index (χ3v) is 2.89. The summed E-state index contributed by atoms with van der Waals surface area (Å²) in [7, 11) is 2.11. The van der Waals surface area contributed by atoms with Crippen LogP contribution in [0.15, 0.2) is 0 Å². The van der Waals surface area contributed by atoms with Crippen molar-refractivity contribution >= 4 is 0 Å². The minimum absolute atomic E-state index is 0.270. The van der Waals surface area contributed by atoms with Gasteiger partial charge in [-0.3, -0.25) is 0 Å². The second-order valence-electron chi connectivity index (χ2n) is 4.37. The summed E-state index contributed by atoms with van der Waals surface area (Å²) < 4.78 is 0. The average Bonchev–Trinajstić information content (AvgIpc) is 2.89. The predicted octanol–water partition coefficient (Wildman–Crippen LogP) is 0.284. The van der Waals surface area contributed by atoms with Crippen LogP contribution in [-0.4, -0.2) is 42.8 Å². The predicted molar refractivity (Wildman–Crippen MR) is 54.4 cm³/mol. The van der Waals surface area contributed by atoms with E-state index in [4.69, 9.17) is 10.8 Å². The van der Waals surface area contributed by atoms with E-state index in [0.717, 1.165) is 19.0 Å². The number of hydrogen-bond donors (Lipinski definition) is 2. The van der Waals surface area contributed by atoms with Crippen LogP contribution < -0.4 is 5.73 Å². The van der Waals surface area contributed by atoms with E-state index in [1.54, 1.807) is 0 Å². The van der Waals surface area contributed by atoms with Gasteiger partial charge in [0.15, 0.2) is 0 Å². The monoisotopic (exact) mass is 186 g/mol. The highest BCUT2D eigenvalue weighted by Crippen LogP contribution is 2.34. The van der Waals surface area contributed by atoms with Crippen LogP contribution in [0.2, 0.25) is 0 Å². The molecule has 0 saturated heterocycles. The maximum absolute atomic E-state index is 8.93. The van der Waals surface area contributed by atoms with E-state index >= 15 is 0 Å². The molecule has 0 radical (unpaired) electrons. The molecule has 2 unspecified atom stereocenters. The molecular formula is C10H22N2O. The van der Waals surface area contributed by atoms with Gasteiger partial charge in [0.05, 0.1) is 0 Å². The highest BCUT2D eigenvalue weighted by Gasteiger charge is 2.32. The lowest BCUT2D eigenvalue weighted by atomic mass is 10.1. The molecular weight excluding hydrogens is 164 g/mol. The zero-order valence-electron chi connectivity index (χ0n) is 8.74. The normalized spacial score (nSPS) is 21.9. The Morgan fingerprint density at radius 3 is 2.54 bits per heavy atom. The molecule has 1 saturated carbocycles. The highest BCUT2D eigenvalue weighted by atomic mass is 16.3. The van der Waals surface area contributed by atoms with Crippen molar-refractivity contribution < 1.29 is 5.11 Å². The maximum Gasteiger partial charge on any atom is 0.0468 e. The van der Waals surface area contributed by atoms with Crippen molar-refractivity contribution in [1.29, 1.82) is 0 Å². The zero-order valence-corrected chi connectivity index (χ0v) is 8.74. The van der Waals surface area contributed by atoms with Crippen molar-refractivity contribution in [2.45, 2.75) is 25.8 Å². The summed E-state index contributed by atoms with van der Waals surface area (Å²) in [5.41, 5.74) is 5.73. The lowest BCUT2D eigenvalue weighted by Gasteiger charge is -2.28. The molecule has 3 heteroatoms. The second kappa shape index (κ2) is 4.94. The van der Waals surface area contributed by atoms with Gasteiger partial charge in [-0.15, -0.1) is 0 Å². The van der Waals surface area contributed by atoms with E-state index < -0.39 is 0 Å². The molecule has 3 N–H and O–H groups in total. The fraction of sp³-hybridized carbons (Fsp3) is 1.00. The summed E-state index contributed by atoms with van der Waals surface area (Å²) in [6.07, 6.45) is 2.67. The molecule has 0 bridgehead atoms. The van der Waals surface area contributed by atoms with Crippen LogP contribution in [0.3, 0.4) is 0 Å². The maximum atomic E-state index is 8.93. The molecule has 3 nitrogen and oxygen atoms in total. The Balaban J connectivity index is 2.30. The molecule has 1 aliphatic rings. The topological polar surface area (TPSA) is 49.5 Å². The molecule has 2 atom stereocenters. The Kier molecular flexibility index (Phi) is 4.16. The molecule has 0 aliphatic heterocycles. The van der Waals surface area contributed by atoms with Crippen molar-refractivity contribution in [2.24, 2.45) is 17.6 Å². The van der Waals surface area contributed by atoms with Crippen LogP contribution in [0.25, 0.3) is 0 Å². The molecule has 0 spiro atoms. The molecule has 0 aromatic carbocycles. The molecule has 1 fully saturated rings. The number of nitrogens with zero attached hydrogens (tertiary/aromatic N) is 1. The van der Waals surface area contributed by atoms with E-state index in [1.807, 2.05) is 0 Å². The third kappa shape index (κ3) is 3.25. The van der Waals surface area contributed by atoms with E-state index in [0.29, 0.717) is 12.0 Å². The van der Waals surface area contributed by atoms with Crippen molar-refractivity contribution in [3.63, 3.8) is 0 Å². The Morgan fingerprint density at radius 1 is 1.54 bits per heavy atom. The summed E-state index contributed by atoms with van der Waals surface area (Å²) >= 11 is 0. The second-order valence-corrected chi connectivity index (χ2v) is 4.37. The number of rotatable bonds is 6.